The number of rotatable bonds is 6. The molecule has 4 heteroatoms. The summed E-state index contributed by atoms with van der Waals surface area (Å²) in [6.45, 7) is 9.35. The van der Waals surface area contributed by atoms with Crippen LogP contribution in [-0.4, -0.2) is 19.9 Å². The standard InChI is InChI=1S/C56H35N.C42H29N3/c1-56(2)48-16-7-5-12-46(48)55-54(56)52(47-13-6-8-17-49(47)57-55)35-20-18-32(19-21-35)36-26-22-33-25-29-44-39(27-23-34-24-28-43(36)50(33)51(34)44)40-30-31-45-38-11-4-3-10-37(38)41-14-9-15-42(40)53(41)45;1-42(2)36-17-9-7-15-33(36)40-39(42)38(34-16-8-10-18-37(34)45-40)27-21-19-26(20-22-27)29-24-43-41(44-25-29)35-23-28-11-3-4-12-30(28)31-13-5-6-14-32(31)35/h3-31H,1-2H3;3-25H,1-2H3. The first-order valence-electron chi connectivity index (χ1n) is 35.5. The molecule has 0 N–H and O–H groups in total. The molecular formula is C98H64N4. The normalized spacial score (nSPS) is 13.5. The summed E-state index contributed by atoms with van der Waals surface area (Å²) in [5, 5.41) is 17.7. The Labute approximate surface area is 590 Å². The van der Waals surface area contributed by atoms with Crippen molar-refractivity contribution in [2.24, 2.45) is 0 Å². The zero-order valence-electron chi connectivity index (χ0n) is 56.8. The molecule has 0 saturated carbocycles. The summed E-state index contributed by atoms with van der Waals surface area (Å²) in [6, 6.07) is 111. The van der Waals surface area contributed by atoms with Crippen LogP contribution in [-0.2, 0) is 10.8 Å². The maximum Gasteiger partial charge on any atom is 0.159 e. The van der Waals surface area contributed by atoms with E-state index in [1.165, 1.54) is 170 Å². The topological polar surface area (TPSA) is 51.6 Å². The predicted molar refractivity (Wildman–Crippen MR) is 427 cm³/mol. The lowest BCUT2D eigenvalue weighted by molar-refractivity contribution is 0.661. The van der Waals surface area contributed by atoms with Gasteiger partial charge in [-0.1, -0.05) is 313 Å². The summed E-state index contributed by atoms with van der Waals surface area (Å²) < 4.78 is 0. The number of nitrogens with zero attached hydrogens (tertiary/aromatic N) is 4. The Hall–Kier alpha value is -12.8. The van der Waals surface area contributed by atoms with Crippen molar-refractivity contribution in [2.45, 2.75) is 38.5 Å². The molecule has 3 aliphatic rings. The van der Waals surface area contributed by atoms with Crippen LogP contribution in [0.5, 0.6) is 0 Å². The lowest BCUT2D eigenvalue weighted by atomic mass is 9.78. The van der Waals surface area contributed by atoms with Crippen LogP contribution in [0.4, 0.5) is 0 Å². The average molecular weight is 1300 g/mol. The van der Waals surface area contributed by atoms with Crippen molar-refractivity contribution in [1.29, 1.82) is 0 Å². The second kappa shape index (κ2) is 21.9. The van der Waals surface area contributed by atoms with Crippen molar-refractivity contribution in [3.05, 3.63) is 338 Å². The van der Waals surface area contributed by atoms with Crippen molar-refractivity contribution in [1.82, 2.24) is 19.9 Å². The molecule has 102 heavy (non-hydrogen) atoms. The van der Waals surface area contributed by atoms with Gasteiger partial charge in [-0.2, -0.15) is 0 Å². The number of benzene rings is 16. The van der Waals surface area contributed by atoms with Gasteiger partial charge in [0.1, 0.15) is 0 Å². The molecule has 0 aliphatic heterocycles. The second-order valence-corrected chi connectivity index (χ2v) is 29.0. The van der Waals surface area contributed by atoms with Crippen LogP contribution in [0, 0.1) is 0 Å². The Balaban J connectivity index is 0.000000137. The molecule has 0 radical (unpaired) electrons. The Morgan fingerprint density at radius 3 is 1.23 bits per heavy atom. The van der Waals surface area contributed by atoms with Crippen LogP contribution in [0.2, 0.25) is 0 Å². The maximum absolute atomic E-state index is 5.28. The monoisotopic (exact) mass is 1300 g/mol. The van der Waals surface area contributed by atoms with Gasteiger partial charge in [-0.3, -0.25) is 0 Å². The molecular weight excluding hydrogens is 1230 g/mol. The van der Waals surface area contributed by atoms with Gasteiger partial charge < -0.3 is 0 Å². The minimum absolute atomic E-state index is 0.159. The minimum Gasteiger partial charge on any atom is -0.247 e. The quantitative estimate of drug-likeness (QED) is 0.156. The van der Waals surface area contributed by atoms with Crippen molar-refractivity contribution in [3.63, 3.8) is 0 Å². The number of hydrogen-bond donors (Lipinski definition) is 0. The van der Waals surface area contributed by atoms with Crippen LogP contribution < -0.4 is 0 Å². The van der Waals surface area contributed by atoms with E-state index < -0.39 is 0 Å². The zero-order chi connectivity index (χ0) is 67.7. The van der Waals surface area contributed by atoms with Gasteiger partial charge in [0.2, 0.25) is 0 Å². The van der Waals surface area contributed by atoms with E-state index in [-0.39, 0.29) is 10.8 Å². The predicted octanol–water partition coefficient (Wildman–Crippen LogP) is 25.9. The number of pyridine rings is 2. The van der Waals surface area contributed by atoms with Crippen LogP contribution >= 0.6 is 0 Å². The van der Waals surface area contributed by atoms with Crippen molar-refractivity contribution < 1.29 is 0 Å². The fraction of sp³-hybridized carbons (Fsp3) is 0.0612. The molecule has 0 bridgehead atoms. The lowest BCUT2D eigenvalue weighted by Crippen LogP contribution is -2.16. The molecule has 22 rings (SSSR count). The first-order chi connectivity index (χ1) is 50.1. The highest BCUT2D eigenvalue weighted by Crippen LogP contribution is 2.56. The number of aromatic nitrogens is 4. The van der Waals surface area contributed by atoms with Gasteiger partial charge in [0.05, 0.1) is 22.4 Å². The van der Waals surface area contributed by atoms with Gasteiger partial charge in [0.15, 0.2) is 5.82 Å². The third-order valence-corrected chi connectivity index (χ3v) is 22.9. The highest BCUT2D eigenvalue weighted by atomic mass is 14.9. The van der Waals surface area contributed by atoms with Crippen LogP contribution in [0.1, 0.15) is 49.9 Å². The number of hydrogen-bond acceptors (Lipinski definition) is 4. The molecule has 19 aromatic rings. The van der Waals surface area contributed by atoms with E-state index in [1.54, 1.807) is 0 Å². The van der Waals surface area contributed by atoms with Crippen molar-refractivity contribution in [3.8, 4) is 112 Å². The van der Waals surface area contributed by atoms with Crippen LogP contribution in [0.25, 0.3) is 198 Å². The third-order valence-electron chi connectivity index (χ3n) is 22.9. The van der Waals surface area contributed by atoms with E-state index in [0.717, 1.165) is 50.3 Å². The van der Waals surface area contributed by atoms with E-state index in [1.807, 2.05) is 12.4 Å². The zero-order valence-corrected chi connectivity index (χ0v) is 56.8. The summed E-state index contributed by atoms with van der Waals surface area (Å²) in [5.41, 5.74) is 30.2. The molecule has 0 fully saturated rings. The maximum atomic E-state index is 5.28. The van der Waals surface area contributed by atoms with E-state index in [4.69, 9.17) is 19.9 Å². The average Bonchev–Trinajstić information content (AvgIpc) is 1.52. The van der Waals surface area contributed by atoms with Gasteiger partial charge in [-0.25, -0.2) is 19.9 Å². The summed E-state index contributed by atoms with van der Waals surface area (Å²) >= 11 is 0. The summed E-state index contributed by atoms with van der Waals surface area (Å²) in [5.74, 6) is 0.734. The molecule has 16 aromatic carbocycles. The fourth-order valence-corrected chi connectivity index (χ4v) is 18.2. The molecule has 4 nitrogen and oxygen atoms in total. The number of para-hydroxylation sites is 2. The number of fused-ring (bicyclic) bond motifs is 14. The van der Waals surface area contributed by atoms with Crippen LogP contribution in [0.3, 0.4) is 0 Å². The Morgan fingerprint density at radius 2 is 0.637 bits per heavy atom. The largest absolute Gasteiger partial charge is 0.247 e. The lowest BCUT2D eigenvalue weighted by Gasteiger charge is -2.25. The molecule has 3 aromatic heterocycles. The van der Waals surface area contributed by atoms with Crippen molar-refractivity contribution >= 4 is 86.4 Å². The van der Waals surface area contributed by atoms with Crippen molar-refractivity contribution in [2.75, 3.05) is 0 Å². The molecule has 0 unspecified atom stereocenters. The molecule has 0 saturated heterocycles. The van der Waals surface area contributed by atoms with Gasteiger partial charge in [-0.15, -0.1) is 0 Å². The van der Waals surface area contributed by atoms with Crippen LogP contribution in [0.15, 0.2) is 316 Å². The Kier molecular flexibility index (Phi) is 12.5. The molecule has 3 heterocycles. The second-order valence-electron chi connectivity index (χ2n) is 29.0. The molecule has 0 amide bonds. The minimum atomic E-state index is -0.167. The SMILES string of the molecule is CC1(C)c2ccccc2-c2nc3ccccc3c(-c3ccc(-c4ccc5ccc6c(-c7ccc8c9c(cccc79)-c7ccccc7-8)ccc7ccc4c5c76)cc3)c21.CC1(C)c2ccccc2-c2nc3ccccc3c(-c3ccc(-c4cnc(-c5cc6ccccc6c6ccccc56)nc4)cc3)c21. The van der Waals surface area contributed by atoms with Gasteiger partial charge in [0, 0.05) is 56.2 Å². The fourth-order valence-electron chi connectivity index (χ4n) is 18.2. The van der Waals surface area contributed by atoms with Gasteiger partial charge >= 0.3 is 0 Å². The van der Waals surface area contributed by atoms with E-state index in [9.17, 15) is 0 Å². The first-order valence-corrected chi connectivity index (χ1v) is 35.5. The third kappa shape index (κ3) is 8.44. The first kappa shape index (κ1) is 58.2. The summed E-state index contributed by atoms with van der Waals surface area (Å²) in [6.07, 6.45) is 3.89. The van der Waals surface area contributed by atoms with Gasteiger partial charge in [0.25, 0.3) is 0 Å². The highest BCUT2D eigenvalue weighted by molar-refractivity contribution is 6.29. The molecule has 0 spiro atoms. The Bertz CT molecular complexity index is 6750. The Morgan fingerprint density at radius 1 is 0.235 bits per heavy atom. The molecule has 476 valence electrons. The molecule has 3 aliphatic carbocycles. The van der Waals surface area contributed by atoms with E-state index in [2.05, 4.69) is 331 Å². The van der Waals surface area contributed by atoms with E-state index >= 15 is 0 Å². The van der Waals surface area contributed by atoms with Gasteiger partial charge in [-0.05, 0) is 177 Å². The molecule has 0 atom stereocenters. The summed E-state index contributed by atoms with van der Waals surface area (Å²) in [4.78, 5) is 20.2. The smallest absolute Gasteiger partial charge is 0.159 e. The summed E-state index contributed by atoms with van der Waals surface area (Å²) in [7, 11) is 0. The van der Waals surface area contributed by atoms with E-state index in [0.29, 0.717) is 0 Å². The highest BCUT2D eigenvalue weighted by Gasteiger charge is 2.41.